The Labute approximate surface area is 191 Å². The minimum atomic E-state index is -1.98. The van der Waals surface area contributed by atoms with Crippen LogP contribution in [0.25, 0.3) is 0 Å². The Hall–Kier alpha value is -2.58. The van der Waals surface area contributed by atoms with Crippen molar-refractivity contribution in [1.29, 1.82) is 0 Å². The Bertz CT molecular complexity index is 1110. The lowest BCUT2D eigenvalue weighted by atomic mass is 10.0. The first-order chi connectivity index (χ1) is 15.4. The molecule has 0 radical (unpaired) electrons. The van der Waals surface area contributed by atoms with Gasteiger partial charge in [-0.15, -0.1) is 0 Å². The van der Waals surface area contributed by atoms with Gasteiger partial charge in [-0.05, 0) is 41.6 Å². The molecule has 2 aromatic rings. The van der Waals surface area contributed by atoms with Gasteiger partial charge in [0.15, 0.2) is 6.49 Å². The fraction of sp³-hybridized carbons (Fsp3) is 0.318. The van der Waals surface area contributed by atoms with Crippen molar-refractivity contribution in [2.75, 3.05) is 38.4 Å². The lowest BCUT2D eigenvalue weighted by Gasteiger charge is -2.27. The van der Waals surface area contributed by atoms with Crippen molar-refractivity contribution in [3.8, 4) is 0 Å². The normalized spacial score (nSPS) is 19.0. The zero-order valence-corrected chi connectivity index (χ0v) is 19.3. The van der Waals surface area contributed by atoms with Crippen LogP contribution in [0.15, 0.2) is 48.5 Å². The zero-order valence-electron chi connectivity index (χ0n) is 17.6. The summed E-state index contributed by atoms with van der Waals surface area (Å²) in [5.74, 6) is -1.58. The third-order valence-electron chi connectivity index (χ3n) is 5.86. The van der Waals surface area contributed by atoms with E-state index in [2.05, 4.69) is 14.4 Å². The summed E-state index contributed by atoms with van der Waals surface area (Å²) in [5.41, 5.74) is 2.29. The Morgan fingerprint density at radius 3 is 2.16 bits per heavy atom. The number of imide groups is 1. The number of nitrogens with zero attached hydrogens (tertiary/aromatic N) is 3. The van der Waals surface area contributed by atoms with Gasteiger partial charge >= 0.3 is 5.97 Å². The highest BCUT2D eigenvalue weighted by molar-refractivity contribution is 8.13. The van der Waals surface area contributed by atoms with Gasteiger partial charge in [-0.2, -0.15) is 0 Å². The van der Waals surface area contributed by atoms with E-state index < -0.39 is 30.3 Å². The van der Waals surface area contributed by atoms with Gasteiger partial charge in [-0.25, -0.2) is 14.1 Å². The van der Waals surface area contributed by atoms with Gasteiger partial charge in [-0.3, -0.25) is 14.5 Å². The van der Waals surface area contributed by atoms with Gasteiger partial charge in [0.25, 0.3) is 11.8 Å². The number of methoxy groups -OCH3 is 1. The molecule has 10 heteroatoms. The van der Waals surface area contributed by atoms with E-state index in [1.54, 1.807) is 24.3 Å². The molecule has 2 aromatic carbocycles. The number of carbonyl (C=O) groups excluding carboxylic acids is 3. The molecule has 5 rings (SSSR count). The summed E-state index contributed by atoms with van der Waals surface area (Å²) in [4.78, 5) is 39.6. The van der Waals surface area contributed by atoms with Crippen LogP contribution in [-0.2, 0) is 27.8 Å². The number of nitrogens with one attached hydrogen (secondary N) is 1. The van der Waals surface area contributed by atoms with Gasteiger partial charge in [-0.1, -0.05) is 24.3 Å². The van der Waals surface area contributed by atoms with Gasteiger partial charge in [0.1, 0.15) is 6.04 Å². The maximum atomic E-state index is 12.9. The number of fused-ring (bicyclic) bond motifs is 1. The molecule has 166 valence electrons. The Balaban J connectivity index is 1.40. The van der Waals surface area contributed by atoms with E-state index in [1.807, 2.05) is 24.3 Å². The van der Waals surface area contributed by atoms with Crippen molar-refractivity contribution >= 4 is 41.8 Å². The second kappa shape index (κ2) is 8.08. The summed E-state index contributed by atoms with van der Waals surface area (Å²) in [6.07, 6.45) is 0.157. The van der Waals surface area contributed by atoms with Crippen molar-refractivity contribution in [2.45, 2.75) is 12.5 Å². The van der Waals surface area contributed by atoms with Crippen molar-refractivity contribution in [3.63, 3.8) is 0 Å². The minimum Gasteiger partial charge on any atom is -0.467 e. The van der Waals surface area contributed by atoms with E-state index in [0.29, 0.717) is 11.1 Å². The average Bonchev–Trinajstić information content (AvgIpc) is 3.70. The van der Waals surface area contributed by atoms with Crippen molar-refractivity contribution < 1.29 is 19.1 Å². The Kier molecular flexibility index (Phi) is 5.37. The highest BCUT2D eigenvalue weighted by Gasteiger charge is 2.45. The number of anilines is 1. The van der Waals surface area contributed by atoms with Crippen LogP contribution in [0, 0.1) is 0 Å². The lowest BCUT2D eigenvalue weighted by Crippen LogP contribution is -2.46. The molecule has 2 saturated heterocycles. The fourth-order valence-corrected chi connectivity index (χ4v) is 7.69. The van der Waals surface area contributed by atoms with Crippen LogP contribution in [-0.4, -0.2) is 71.4 Å². The topological polar surface area (TPSA) is 81.7 Å². The molecule has 0 aromatic heterocycles. The number of hydrogen-bond donors (Lipinski definition) is 1. The van der Waals surface area contributed by atoms with Crippen LogP contribution in [0.4, 0.5) is 5.69 Å². The van der Waals surface area contributed by atoms with Crippen LogP contribution in [0.5, 0.6) is 0 Å². The van der Waals surface area contributed by atoms with Gasteiger partial charge < -0.3 is 9.82 Å². The molecule has 3 aliphatic rings. The Morgan fingerprint density at radius 1 is 1.03 bits per heavy atom. The third kappa shape index (κ3) is 3.75. The molecular weight excluding hydrogens is 447 g/mol. The summed E-state index contributed by atoms with van der Waals surface area (Å²) < 4.78 is 9.54. The first-order valence-electron chi connectivity index (χ1n) is 10.5. The van der Waals surface area contributed by atoms with E-state index >= 15 is 0 Å². The number of rotatable bonds is 8. The second-order valence-corrected chi connectivity index (χ2v) is 12.0. The molecule has 2 fully saturated rings. The standard InChI is InChI=1S/C22H23N4O4PS/c1-30-22(29)19(26-20(27)17-7-2-3-8-18(17)21(26)28)14-15-5-4-6-16(13-15)23-31(32,24-9-10-24)25-11-12-25/h2-8,13,19H,9-12,14H2,1H3,(H,23,32). The maximum Gasteiger partial charge on any atom is 0.329 e. The number of benzene rings is 2. The number of esters is 1. The largest absolute Gasteiger partial charge is 0.467 e. The number of hydrogen-bond acceptors (Lipinski definition) is 5. The van der Waals surface area contributed by atoms with E-state index in [-0.39, 0.29) is 6.42 Å². The molecule has 0 spiro atoms. The average molecular weight is 470 g/mol. The minimum absolute atomic E-state index is 0.157. The summed E-state index contributed by atoms with van der Waals surface area (Å²) in [6.45, 7) is 2.04. The van der Waals surface area contributed by atoms with Crippen molar-refractivity contribution in [1.82, 2.24) is 14.2 Å². The summed E-state index contributed by atoms with van der Waals surface area (Å²) >= 11 is 5.99. The predicted molar refractivity (Wildman–Crippen MR) is 124 cm³/mol. The first-order valence-corrected chi connectivity index (χ1v) is 13.2. The molecule has 1 N–H and O–H groups in total. The fourth-order valence-electron chi connectivity index (χ4n) is 4.02. The number of carbonyl (C=O) groups is 3. The molecule has 2 amide bonds. The SMILES string of the molecule is COC(=O)C(Cc1cccc(NP(=S)(N2CC2)N2CC2)c1)N1C(=O)c2ccccc2C1=O. The highest BCUT2D eigenvalue weighted by Crippen LogP contribution is 2.59. The van der Waals surface area contributed by atoms with Crippen molar-refractivity contribution in [2.24, 2.45) is 0 Å². The molecule has 3 aliphatic heterocycles. The van der Waals surface area contributed by atoms with Crippen LogP contribution in [0.2, 0.25) is 0 Å². The Morgan fingerprint density at radius 2 is 1.62 bits per heavy atom. The smallest absolute Gasteiger partial charge is 0.329 e. The number of ether oxygens (including phenoxy) is 1. The summed E-state index contributed by atoms with van der Waals surface area (Å²) in [5, 5.41) is 3.55. The predicted octanol–water partition coefficient (Wildman–Crippen LogP) is 2.33. The lowest BCUT2D eigenvalue weighted by molar-refractivity contribution is -0.145. The maximum absolute atomic E-state index is 12.9. The van der Waals surface area contributed by atoms with Crippen LogP contribution in [0.3, 0.4) is 0 Å². The van der Waals surface area contributed by atoms with E-state index in [0.717, 1.165) is 42.3 Å². The first kappa shape index (κ1) is 21.3. The molecule has 0 aliphatic carbocycles. The molecule has 1 atom stereocenters. The van der Waals surface area contributed by atoms with E-state index in [9.17, 15) is 14.4 Å². The van der Waals surface area contributed by atoms with Gasteiger partial charge in [0, 0.05) is 38.3 Å². The summed E-state index contributed by atoms with van der Waals surface area (Å²) in [7, 11) is 1.26. The van der Waals surface area contributed by atoms with Crippen LogP contribution in [0.1, 0.15) is 26.3 Å². The quantitative estimate of drug-likeness (QED) is 0.273. The molecule has 8 nitrogen and oxygen atoms in total. The number of amides is 2. The summed E-state index contributed by atoms with van der Waals surface area (Å²) in [6, 6.07) is 13.2. The van der Waals surface area contributed by atoms with Gasteiger partial charge in [0.2, 0.25) is 0 Å². The molecule has 0 bridgehead atoms. The van der Waals surface area contributed by atoms with Gasteiger partial charge in [0.05, 0.1) is 18.2 Å². The molecule has 3 heterocycles. The highest BCUT2D eigenvalue weighted by atomic mass is 32.4. The van der Waals surface area contributed by atoms with Crippen molar-refractivity contribution in [3.05, 3.63) is 65.2 Å². The monoisotopic (exact) mass is 470 g/mol. The van der Waals surface area contributed by atoms with E-state index in [1.165, 1.54) is 7.11 Å². The third-order valence-corrected chi connectivity index (χ3v) is 10.4. The van der Waals surface area contributed by atoms with E-state index in [4.69, 9.17) is 16.5 Å². The second-order valence-electron chi connectivity index (χ2n) is 8.03. The molecule has 32 heavy (non-hydrogen) atoms. The molecule has 0 saturated carbocycles. The molecule has 1 unspecified atom stereocenters. The van der Waals surface area contributed by atoms with Crippen LogP contribution < -0.4 is 5.09 Å². The van der Waals surface area contributed by atoms with Crippen LogP contribution >= 0.6 is 6.49 Å². The molecular formula is C22H23N4O4PS. The zero-order chi connectivity index (χ0) is 22.5.